The fourth-order valence-electron chi connectivity index (χ4n) is 0.129. The number of carbonyl (C=O) groups is 3. The van der Waals surface area contributed by atoms with Gasteiger partial charge in [-0.25, -0.2) is 0 Å². The quantitative estimate of drug-likeness (QED) is 0.331. The molecular weight excluding hydrogens is 142 g/mol. The summed E-state index contributed by atoms with van der Waals surface area (Å²) in [6, 6.07) is 0. The Hall–Kier alpha value is -1.59. The molecular formula is C4H7NO5. The Bertz CT molecular complexity index is 120. The Labute approximate surface area is 56.3 Å². The van der Waals surface area contributed by atoms with Crippen molar-refractivity contribution in [3.63, 3.8) is 0 Å². The van der Waals surface area contributed by atoms with Crippen molar-refractivity contribution in [1.29, 1.82) is 0 Å². The Morgan fingerprint density at radius 1 is 1.30 bits per heavy atom. The molecule has 0 aliphatic heterocycles. The minimum absolute atomic E-state index is 0.250. The van der Waals surface area contributed by atoms with Crippen LogP contribution in [0.1, 0.15) is 6.42 Å². The van der Waals surface area contributed by atoms with Crippen molar-refractivity contribution in [3.05, 3.63) is 0 Å². The first-order chi connectivity index (χ1) is 4.54. The van der Waals surface area contributed by atoms with E-state index in [4.69, 9.17) is 15.0 Å². The molecule has 0 fully saturated rings. The molecule has 1 amide bonds. The molecule has 0 rings (SSSR count). The average molecular weight is 149 g/mol. The van der Waals surface area contributed by atoms with Gasteiger partial charge in [0.05, 0.1) is 0 Å². The fourth-order valence-corrected chi connectivity index (χ4v) is 0.129. The first-order valence-corrected chi connectivity index (χ1v) is 2.13. The molecule has 4 N–H and O–H groups in total. The van der Waals surface area contributed by atoms with Crippen molar-refractivity contribution >= 4 is 18.3 Å². The number of rotatable bonds is 2. The summed E-state index contributed by atoms with van der Waals surface area (Å²) in [7, 11) is 0. The van der Waals surface area contributed by atoms with Gasteiger partial charge in [0.1, 0.15) is 6.42 Å². The van der Waals surface area contributed by atoms with Crippen LogP contribution in [-0.4, -0.2) is 28.6 Å². The normalized spacial score (nSPS) is 6.80. The largest absolute Gasteiger partial charge is 0.481 e. The van der Waals surface area contributed by atoms with Crippen molar-refractivity contribution in [2.24, 2.45) is 5.73 Å². The maximum atomic E-state index is 9.43. The molecule has 0 aromatic rings. The molecule has 0 spiro atoms. The highest BCUT2D eigenvalue weighted by Crippen LogP contribution is 1.74. The summed E-state index contributed by atoms with van der Waals surface area (Å²) < 4.78 is 0. The molecule has 0 bridgehead atoms. The van der Waals surface area contributed by atoms with Gasteiger partial charge in [0.25, 0.3) is 0 Å². The van der Waals surface area contributed by atoms with E-state index < -0.39 is 18.4 Å². The van der Waals surface area contributed by atoms with Crippen LogP contribution in [0.4, 0.5) is 0 Å². The van der Waals surface area contributed by atoms with Gasteiger partial charge in [-0.15, -0.1) is 0 Å². The Kier molecular flexibility index (Phi) is 8.33. The van der Waals surface area contributed by atoms with Gasteiger partial charge in [0.15, 0.2) is 0 Å². The van der Waals surface area contributed by atoms with Gasteiger partial charge in [-0.1, -0.05) is 0 Å². The van der Waals surface area contributed by atoms with Gasteiger partial charge in [-0.3, -0.25) is 14.4 Å². The van der Waals surface area contributed by atoms with Crippen molar-refractivity contribution in [2.75, 3.05) is 0 Å². The van der Waals surface area contributed by atoms with Crippen LogP contribution in [0.25, 0.3) is 0 Å². The lowest BCUT2D eigenvalue weighted by atomic mass is 10.5. The third-order valence-corrected chi connectivity index (χ3v) is 0.302. The molecule has 0 aromatic heterocycles. The van der Waals surface area contributed by atoms with Crippen molar-refractivity contribution in [2.45, 2.75) is 6.42 Å². The smallest absolute Gasteiger partial charge is 0.314 e. The highest BCUT2D eigenvalue weighted by molar-refractivity contribution is 5.88. The minimum Gasteiger partial charge on any atom is -0.481 e. The second kappa shape index (κ2) is 7.41. The lowest BCUT2D eigenvalue weighted by Crippen LogP contribution is -2.03. The summed E-state index contributed by atoms with van der Waals surface area (Å²) in [5, 5.41) is 15.4. The molecule has 0 aliphatic rings. The van der Waals surface area contributed by atoms with Gasteiger partial charge in [0.2, 0.25) is 6.41 Å². The molecule has 0 saturated heterocycles. The molecule has 0 aromatic carbocycles. The fraction of sp³-hybridized carbons (Fsp3) is 0.250. The van der Waals surface area contributed by atoms with Crippen LogP contribution in [0.3, 0.4) is 0 Å². The maximum Gasteiger partial charge on any atom is 0.314 e. The average Bonchev–Trinajstić information content (AvgIpc) is 1.62. The van der Waals surface area contributed by atoms with Crippen LogP contribution in [0.2, 0.25) is 0 Å². The number of carbonyl (C=O) groups excluding carboxylic acids is 1. The highest BCUT2D eigenvalue weighted by atomic mass is 16.4. The van der Waals surface area contributed by atoms with Crippen LogP contribution >= 0.6 is 0 Å². The lowest BCUT2D eigenvalue weighted by molar-refractivity contribution is -0.147. The van der Waals surface area contributed by atoms with Crippen LogP contribution in [-0.2, 0) is 14.4 Å². The molecule has 0 radical (unpaired) electrons. The molecule has 58 valence electrons. The predicted molar refractivity (Wildman–Crippen MR) is 30.1 cm³/mol. The van der Waals surface area contributed by atoms with E-state index in [2.05, 4.69) is 5.73 Å². The summed E-state index contributed by atoms with van der Waals surface area (Å²) in [5.74, 6) is -2.62. The summed E-state index contributed by atoms with van der Waals surface area (Å²) in [4.78, 5) is 27.4. The van der Waals surface area contributed by atoms with Gasteiger partial charge >= 0.3 is 11.9 Å². The lowest BCUT2D eigenvalue weighted by Gasteiger charge is -1.80. The SMILES string of the molecule is NC=O.O=C(O)CC(=O)O. The standard InChI is InChI=1S/C3H4O4.CH3NO/c4-2(5)1-3(6)7;2-1-3/h1H2,(H,4,5)(H,6,7);1H,(H2,2,3). The van der Waals surface area contributed by atoms with Gasteiger partial charge < -0.3 is 15.9 Å². The summed E-state index contributed by atoms with van der Waals surface area (Å²) in [6.45, 7) is 0. The molecule has 10 heavy (non-hydrogen) atoms. The van der Waals surface area contributed by atoms with Crippen LogP contribution in [0.5, 0.6) is 0 Å². The third kappa shape index (κ3) is 32.3. The second-order valence-corrected chi connectivity index (χ2v) is 1.10. The second-order valence-electron chi connectivity index (χ2n) is 1.10. The molecule has 0 aliphatic carbocycles. The minimum atomic E-state index is -1.31. The first kappa shape index (κ1) is 11.2. The topological polar surface area (TPSA) is 118 Å². The number of hydrogen-bond donors (Lipinski definition) is 3. The number of nitrogens with two attached hydrogens (primary N) is 1. The molecule has 0 unspecified atom stereocenters. The van der Waals surface area contributed by atoms with E-state index in [9.17, 15) is 9.59 Å². The van der Waals surface area contributed by atoms with E-state index >= 15 is 0 Å². The van der Waals surface area contributed by atoms with Gasteiger partial charge in [-0.2, -0.15) is 0 Å². The van der Waals surface area contributed by atoms with E-state index in [-0.39, 0.29) is 6.41 Å². The predicted octanol–water partition coefficient (Wildman–Crippen LogP) is -1.35. The van der Waals surface area contributed by atoms with Crippen molar-refractivity contribution in [3.8, 4) is 0 Å². The number of aliphatic carboxylic acids is 2. The van der Waals surface area contributed by atoms with Gasteiger partial charge in [-0.05, 0) is 0 Å². The molecule has 6 heteroatoms. The number of hydrogen-bond acceptors (Lipinski definition) is 3. The molecule has 0 atom stereocenters. The first-order valence-electron chi connectivity index (χ1n) is 2.13. The van der Waals surface area contributed by atoms with Crippen LogP contribution in [0, 0.1) is 0 Å². The highest BCUT2D eigenvalue weighted by Gasteiger charge is 2.01. The number of carboxylic acid groups (broad SMARTS) is 2. The Morgan fingerprint density at radius 2 is 1.50 bits per heavy atom. The summed E-state index contributed by atoms with van der Waals surface area (Å²) in [6.07, 6.45) is -0.556. The van der Waals surface area contributed by atoms with Gasteiger partial charge in [0, 0.05) is 0 Å². The van der Waals surface area contributed by atoms with Crippen molar-refractivity contribution in [1.82, 2.24) is 0 Å². The molecule has 6 nitrogen and oxygen atoms in total. The number of amides is 1. The Balaban J connectivity index is 0. The van der Waals surface area contributed by atoms with E-state index in [1.54, 1.807) is 0 Å². The van der Waals surface area contributed by atoms with Crippen LogP contribution in [0.15, 0.2) is 0 Å². The van der Waals surface area contributed by atoms with E-state index in [0.717, 1.165) is 0 Å². The summed E-state index contributed by atoms with van der Waals surface area (Å²) >= 11 is 0. The zero-order valence-corrected chi connectivity index (χ0v) is 4.98. The van der Waals surface area contributed by atoms with E-state index in [1.165, 1.54) is 0 Å². The monoisotopic (exact) mass is 149 g/mol. The maximum absolute atomic E-state index is 9.43. The zero-order chi connectivity index (χ0) is 8.57. The number of primary amides is 1. The van der Waals surface area contributed by atoms with E-state index in [1.807, 2.05) is 0 Å². The molecule has 0 saturated carbocycles. The third-order valence-electron chi connectivity index (χ3n) is 0.302. The molecule has 0 heterocycles. The Morgan fingerprint density at radius 3 is 1.50 bits per heavy atom. The van der Waals surface area contributed by atoms with Crippen molar-refractivity contribution < 1.29 is 24.6 Å². The van der Waals surface area contributed by atoms with Crippen LogP contribution < -0.4 is 5.73 Å². The van der Waals surface area contributed by atoms with E-state index in [0.29, 0.717) is 0 Å². The number of carboxylic acids is 2. The zero-order valence-electron chi connectivity index (χ0n) is 4.98. The summed E-state index contributed by atoms with van der Waals surface area (Å²) in [5.41, 5.74) is 4.17.